The average molecular weight is 345 g/mol. The van der Waals surface area contributed by atoms with Crippen molar-refractivity contribution in [2.75, 3.05) is 0 Å². The van der Waals surface area contributed by atoms with Crippen LogP contribution in [0.3, 0.4) is 0 Å². The van der Waals surface area contributed by atoms with Crippen molar-refractivity contribution in [3.63, 3.8) is 0 Å². The lowest BCUT2D eigenvalue weighted by Crippen LogP contribution is -2.20. The first-order valence-electron chi connectivity index (χ1n) is 7.45. The fourth-order valence-corrected chi connectivity index (χ4v) is 3.52. The monoisotopic (exact) mass is 344 g/mol. The molecule has 1 saturated carbocycles. The van der Waals surface area contributed by atoms with E-state index in [-0.39, 0.29) is 6.10 Å². The molecule has 2 nitrogen and oxygen atoms in total. The SMILES string of the molecule is O[C@@H]1CC(c2ccccc2C2CC2)Oc2cc(Br)ccc21. The standard InChI is InChI=1S/C18H17BrO2/c19-12-7-8-15-16(20)10-18(21-17(15)9-12)14-4-2-1-3-13(14)11-5-6-11/h1-4,7-9,11,16,18,20H,5-6,10H2/t16-,18?/m1/s1. The van der Waals surface area contributed by atoms with Crippen molar-refractivity contribution >= 4 is 15.9 Å². The quantitative estimate of drug-likeness (QED) is 0.840. The van der Waals surface area contributed by atoms with Crippen LogP contribution in [-0.4, -0.2) is 5.11 Å². The fraction of sp³-hybridized carbons (Fsp3) is 0.333. The first-order valence-corrected chi connectivity index (χ1v) is 8.24. The van der Waals surface area contributed by atoms with E-state index in [1.165, 1.54) is 24.0 Å². The molecule has 21 heavy (non-hydrogen) atoms. The molecular weight excluding hydrogens is 328 g/mol. The lowest BCUT2D eigenvalue weighted by molar-refractivity contribution is 0.0652. The smallest absolute Gasteiger partial charge is 0.127 e. The number of aliphatic hydroxyl groups is 1. The number of benzene rings is 2. The summed E-state index contributed by atoms with van der Waals surface area (Å²) in [7, 11) is 0. The molecule has 1 N–H and O–H groups in total. The van der Waals surface area contributed by atoms with Gasteiger partial charge in [0.05, 0.1) is 6.10 Å². The molecule has 4 rings (SSSR count). The second-order valence-corrected chi connectivity index (χ2v) is 6.86. The maximum Gasteiger partial charge on any atom is 0.127 e. The zero-order valence-corrected chi connectivity index (χ0v) is 13.2. The van der Waals surface area contributed by atoms with Crippen LogP contribution in [-0.2, 0) is 0 Å². The van der Waals surface area contributed by atoms with E-state index in [1.54, 1.807) is 0 Å². The molecule has 0 saturated heterocycles. The molecule has 2 atom stereocenters. The fourth-order valence-electron chi connectivity index (χ4n) is 3.18. The van der Waals surface area contributed by atoms with Gasteiger partial charge < -0.3 is 9.84 Å². The third kappa shape index (κ3) is 2.49. The molecule has 0 bridgehead atoms. The molecule has 0 amide bonds. The summed E-state index contributed by atoms with van der Waals surface area (Å²) in [4.78, 5) is 0. The van der Waals surface area contributed by atoms with Crippen LogP contribution >= 0.6 is 15.9 Å². The summed E-state index contributed by atoms with van der Waals surface area (Å²) in [5.41, 5.74) is 3.52. The number of ether oxygens (including phenoxy) is 1. The summed E-state index contributed by atoms with van der Waals surface area (Å²) in [6, 6.07) is 14.4. The molecule has 2 aromatic rings. The summed E-state index contributed by atoms with van der Waals surface area (Å²) < 4.78 is 7.17. The van der Waals surface area contributed by atoms with Crippen LogP contribution in [0.1, 0.15) is 54.1 Å². The highest BCUT2D eigenvalue weighted by molar-refractivity contribution is 9.10. The number of halogens is 1. The van der Waals surface area contributed by atoms with E-state index in [0.717, 1.165) is 15.8 Å². The van der Waals surface area contributed by atoms with Crippen LogP contribution < -0.4 is 4.74 Å². The second kappa shape index (κ2) is 5.15. The minimum Gasteiger partial charge on any atom is -0.485 e. The predicted molar refractivity (Wildman–Crippen MR) is 85.5 cm³/mol. The summed E-state index contributed by atoms with van der Waals surface area (Å²) in [5, 5.41) is 10.4. The van der Waals surface area contributed by atoms with Gasteiger partial charge in [0.25, 0.3) is 0 Å². The Balaban J connectivity index is 1.72. The van der Waals surface area contributed by atoms with E-state index in [9.17, 15) is 5.11 Å². The van der Waals surface area contributed by atoms with Crippen LogP contribution in [0, 0.1) is 0 Å². The van der Waals surface area contributed by atoms with Gasteiger partial charge in [-0.05, 0) is 42.0 Å². The van der Waals surface area contributed by atoms with Gasteiger partial charge >= 0.3 is 0 Å². The van der Waals surface area contributed by atoms with E-state index >= 15 is 0 Å². The lowest BCUT2D eigenvalue weighted by atomic mass is 9.91. The number of hydrogen-bond acceptors (Lipinski definition) is 2. The molecule has 2 aliphatic rings. The third-order valence-corrected chi connectivity index (χ3v) is 4.89. The van der Waals surface area contributed by atoms with Crippen molar-refractivity contribution in [3.05, 3.63) is 63.6 Å². The molecule has 1 heterocycles. The average Bonchev–Trinajstić information content (AvgIpc) is 3.31. The zero-order chi connectivity index (χ0) is 14.4. The number of hydrogen-bond donors (Lipinski definition) is 1. The van der Waals surface area contributed by atoms with Crippen molar-refractivity contribution in [1.29, 1.82) is 0 Å². The van der Waals surface area contributed by atoms with Gasteiger partial charge in [0.15, 0.2) is 0 Å². The molecule has 1 fully saturated rings. The van der Waals surface area contributed by atoms with E-state index in [0.29, 0.717) is 12.3 Å². The minimum absolute atomic E-state index is 0.0569. The van der Waals surface area contributed by atoms with Gasteiger partial charge in [0.2, 0.25) is 0 Å². The van der Waals surface area contributed by atoms with E-state index in [4.69, 9.17) is 4.74 Å². The Kier molecular flexibility index (Phi) is 3.27. The third-order valence-electron chi connectivity index (χ3n) is 4.40. The van der Waals surface area contributed by atoms with Gasteiger partial charge in [-0.25, -0.2) is 0 Å². The Morgan fingerprint density at radius 3 is 2.52 bits per heavy atom. The molecule has 0 radical (unpaired) electrons. The molecule has 0 aromatic heterocycles. The van der Waals surface area contributed by atoms with Crippen molar-refractivity contribution < 1.29 is 9.84 Å². The maximum absolute atomic E-state index is 10.4. The first kappa shape index (κ1) is 13.4. The van der Waals surface area contributed by atoms with Crippen LogP contribution in [0.4, 0.5) is 0 Å². The van der Waals surface area contributed by atoms with Gasteiger partial charge in [-0.15, -0.1) is 0 Å². The minimum atomic E-state index is -0.459. The van der Waals surface area contributed by atoms with Crippen molar-refractivity contribution in [2.24, 2.45) is 0 Å². The van der Waals surface area contributed by atoms with Gasteiger partial charge in [0.1, 0.15) is 11.9 Å². The normalized spacial score (nSPS) is 24.3. The number of fused-ring (bicyclic) bond motifs is 1. The highest BCUT2D eigenvalue weighted by Gasteiger charge is 2.33. The molecule has 1 unspecified atom stereocenters. The highest BCUT2D eigenvalue weighted by atomic mass is 79.9. The van der Waals surface area contributed by atoms with Gasteiger partial charge in [-0.1, -0.05) is 46.3 Å². The Bertz CT molecular complexity index is 679. The molecule has 0 spiro atoms. The van der Waals surface area contributed by atoms with Gasteiger partial charge in [-0.3, -0.25) is 0 Å². The maximum atomic E-state index is 10.4. The van der Waals surface area contributed by atoms with Crippen molar-refractivity contribution in [2.45, 2.75) is 37.4 Å². The summed E-state index contributed by atoms with van der Waals surface area (Å²) >= 11 is 3.47. The molecule has 1 aliphatic carbocycles. The summed E-state index contributed by atoms with van der Waals surface area (Å²) in [6.07, 6.45) is 2.65. The van der Waals surface area contributed by atoms with E-state index < -0.39 is 6.10 Å². The predicted octanol–water partition coefficient (Wildman–Crippen LogP) is 4.88. The molecule has 2 aromatic carbocycles. The largest absolute Gasteiger partial charge is 0.485 e. The van der Waals surface area contributed by atoms with Crippen LogP contribution in [0.2, 0.25) is 0 Å². The lowest BCUT2D eigenvalue weighted by Gasteiger charge is -2.31. The van der Waals surface area contributed by atoms with Crippen molar-refractivity contribution in [1.82, 2.24) is 0 Å². The highest BCUT2D eigenvalue weighted by Crippen LogP contribution is 2.47. The summed E-state index contributed by atoms with van der Waals surface area (Å²) in [5.74, 6) is 1.48. The van der Waals surface area contributed by atoms with Gasteiger partial charge in [0, 0.05) is 16.5 Å². The van der Waals surface area contributed by atoms with Gasteiger partial charge in [-0.2, -0.15) is 0 Å². The van der Waals surface area contributed by atoms with Crippen LogP contribution in [0.25, 0.3) is 0 Å². The van der Waals surface area contributed by atoms with E-state index in [2.05, 4.69) is 40.2 Å². The Hall–Kier alpha value is -1.32. The van der Waals surface area contributed by atoms with E-state index in [1.807, 2.05) is 18.2 Å². The number of rotatable bonds is 2. The number of aliphatic hydroxyl groups excluding tert-OH is 1. The van der Waals surface area contributed by atoms with Crippen molar-refractivity contribution in [3.8, 4) is 5.75 Å². The molecule has 1 aliphatic heterocycles. The molecule has 3 heteroatoms. The summed E-state index contributed by atoms with van der Waals surface area (Å²) in [6.45, 7) is 0. The second-order valence-electron chi connectivity index (χ2n) is 5.94. The van der Waals surface area contributed by atoms with Crippen LogP contribution in [0.5, 0.6) is 5.75 Å². The topological polar surface area (TPSA) is 29.5 Å². The zero-order valence-electron chi connectivity index (χ0n) is 11.6. The first-order chi connectivity index (χ1) is 10.2. The Morgan fingerprint density at radius 2 is 1.76 bits per heavy atom. The van der Waals surface area contributed by atoms with Crippen LogP contribution in [0.15, 0.2) is 46.9 Å². The Labute approximate surface area is 132 Å². The Morgan fingerprint density at radius 1 is 1.00 bits per heavy atom. The molecular formula is C18H17BrO2. The molecule has 108 valence electrons.